The van der Waals surface area contributed by atoms with Gasteiger partial charge in [-0.3, -0.25) is 0 Å². The highest BCUT2D eigenvalue weighted by Crippen LogP contribution is 2.32. The number of thioether (sulfide) groups is 1. The molecule has 1 rings (SSSR count). The van der Waals surface area contributed by atoms with Gasteiger partial charge in [0.25, 0.3) is 0 Å². The van der Waals surface area contributed by atoms with Crippen molar-refractivity contribution in [2.24, 2.45) is 5.73 Å². The predicted octanol–water partition coefficient (Wildman–Crippen LogP) is 1.72. The molecule has 1 aromatic heterocycles. The normalized spacial score (nSPS) is 16.0. The maximum atomic E-state index is 8.87. The molecule has 94 valence electrons. The number of nitrogens with two attached hydrogens (primary N) is 1. The van der Waals surface area contributed by atoms with Crippen LogP contribution in [0.1, 0.15) is 20.3 Å². The molecule has 0 amide bonds. The Morgan fingerprint density at radius 1 is 1.59 bits per heavy atom. The summed E-state index contributed by atoms with van der Waals surface area (Å²) < 4.78 is 0.912. The van der Waals surface area contributed by atoms with Crippen molar-refractivity contribution in [3.8, 4) is 6.07 Å². The van der Waals surface area contributed by atoms with Crippen molar-refractivity contribution in [3.05, 3.63) is 0 Å². The van der Waals surface area contributed by atoms with E-state index in [9.17, 15) is 0 Å². The molecule has 0 aliphatic carbocycles. The summed E-state index contributed by atoms with van der Waals surface area (Å²) in [5, 5.41) is 18.2. The second-order valence-corrected chi connectivity index (χ2v) is 7.05. The van der Waals surface area contributed by atoms with Crippen molar-refractivity contribution < 1.29 is 0 Å². The number of aromatic nitrogens is 2. The van der Waals surface area contributed by atoms with Gasteiger partial charge >= 0.3 is 0 Å². The van der Waals surface area contributed by atoms with E-state index >= 15 is 0 Å². The molecule has 0 aliphatic rings. The van der Waals surface area contributed by atoms with Crippen LogP contribution < -0.4 is 10.6 Å². The highest BCUT2D eigenvalue weighted by Gasteiger charge is 2.22. The molecular formula is C10H17N5S2. The van der Waals surface area contributed by atoms with Crippen LogP contribution in [-0.4, -0.2) is 35.1 Å². The SMILES string of the molecule is CC(CC(C)(N)C#N)Sc1nnc(N(C)C)s1. The van der Waals surface area contributed by atoms with Gasteiger partial charge in [0.1, 0.15) is 5.54 Å². The van der Waals surface area contributed by atoms with E-state index in [1.165, 1.54) is 0 Å². The Morgan fingerprint density at radius 2 is 2.24 bits per heavy atom. The lowest BCUT2D eigenvalue weighted by atomic mass is 10.00. The van der Waals surface area contributed by atoms with Gasteiger partial charge in [-0.25, -0.2) is 0 Å². The first kappa shape index (κ1) is 14.2. The molecule has 1 aromatic rings. The van der Waals surface area contributed by atoms with Crippen molar-refractivity contribution in [3.63, 3.8) is 0 Å². The number of anilines is 1. The Labute approximate surface area is 110 Å². The Balaban J connectivity index is 2.57. The monoisotopic (exact) mass is 271 g/mol. The first-order valence-electron chi connectivity index (χ1n) is 5.21. The van der Waals surface area contributed by atoms with Gasteiger partial charge < -0.3 is 10.6 Å². The third-order valence-electron chi connectivity index (χ3n) is 2.05. The fraction of sp³-hybridized carbons (Fsp3) is 0.700. The van der Waals surface area contributed by atoms with Crippen molar-refractivity contribution >= 4 is 28.2 Å². The van der Waals surface area contributed by atoms with Gasteiger partial charge in [-0.15, -0.1) is 10.2 Å². The maximum absolute atomic E-state index is 8.87. The van der Waals surface area contributed by atoms with Crippen LogP contribution in [0.25, 0.3) is 0 Å². The highest BCUT2D eigenvalue weighted by atomic mass is 32.2. The van der Waals surface area contributed by atoms with Crippen molar-refractivity contribution in [2.75, 3.05) is 19.0 Å². The molecule has 17 heavy (non-hydrogen) atoms. The Morgan fingerprint density at radius 3 is 2.71 bits per heavy atom. The molecule has 2 atom stereocenters. The van der Waals surface area contributed by atoms with E-state index in [1.807, 2.05) is 25.9 Å². The first-order chi connectivity index (χ1) is 7.84. The van der Waals surface area contributed by atoms with Crippen molar-refractivity contribution in [1.29, 1.82) is 5.26 Å². The van der Waals surface area contributed by atoms with Crippen LogP contribution in [0.3, 0.4) is 0 Å². The molecule has 0 saturated carbocycles. The van der Waals surface area contributed by atoms with Gasteiger partial charge in [0.05, 0.1) is 6.07 Å². The number of hydrogen-bond acceptors (Lipinski definition) is 7. The minimum absolute atomic E-state index is 0.243. The highest BCUT2D eigenvalue weighted by molar-refractivity contribution is 8.01. The molecule has 2 unspecified atom stereocenters. The number of hydrogen-bond donors (Lipinski definition) is 1. The second-order valence-electron chi connectivity index (χ2n) is 4.41. The summed E-state index contributed by atoms with van der Waals surface area (Å²) in [6, 6.07) is 2.11. The van der Waals surface area contributed by atoms with E-state index in [4.69, 9.17) is 11.0 Å². The van der Waals surface area contributed by atoms with Gasteiger partial charge in [0, 0.05) is 19.3 Å². The molecule has 0 fully saturated rings. The Bertz CT molecular complexity index is 407. The summed E-state index contributed by atoms with van der Waals surface area (Å²) in [5.74, 6) is 0. The molecular weight excluding hydrogens is 254 g/mol. The zero-order chi connectivity index (χ0) is 13.1. The lowest BCUT2D eigenvalue weighted by molar-refractivity contribution is 0.545. The molecule has 0 saturated heterocycles. The zero-order valence-corrected chi connectivity index (χ0v) is 12.1. The third kappa shape index (κ3) is 4.50. The number of nitrogens with zero attached hydrogens (tertiary/aromatic N) is 4. The molecule has 0 radical (unpaired) electrons. The Kier molecular flexibility index (Phi) is 4.74. The maximum Gasteiger partial charge on any atom is 0.208 e. The quantitative estimate of drug-likeness (QED) is 0.821. The second kappa shape index (κ2) is 5.67. The van der Waals surface area contributed by atoms with E-state index in [1.54, 1.807) is 30.0 Å². The standard InChI is InChI=1S/C10H17N5S2/c1-7(5-10(2,12)6-11)16-9-14-13-8(17-9)15(3)4/h7H,5,12H2,1-4H3. The Hall–Kier alpha value is -0.840. The van der Waals surface area contributed by atoms with E-state index < -0.39 is 5.54 Å². The topological polar surface area (TPSA) is 78.8 Å². The molecule has 0 aromatic carbocycles. The molecule has 1 heterocycles. The third-order valence-corrected chi connectivity index (χ3v) is 4.32. The van der Waals surface area contributed by atoms with E-state index in [-0.39, 0.29) is 5.25 Å². The summed E-state index contributed by atoms with van der Waals surface area (Å²) in [6.45, 7) is 3.79. The van der Waals surface area contributed by atoms with Crippen LogP contribution in [0, 0.1) is 11.3 Å². The van der Waals surface area contributed by atoms with Gasteiger partial charge in [-0.2, -0.15) is 5.26 Å². The minimum Gasteiger partial charge on any atom is -0.353 e. The fourth-order valence-electron chi connectivity index (χ4n) is 1.29. The van der Waals surface area contributed by atoms with E-state index in [2.05, 4.69) is 16.3 Å². The minimum atomic E-state index is -0.776. The van der Waals surface area contributed by atoms with Crippen LogP contribution in [0.5, 0.6) is 0 Å². The molecule has 0 aliphatic heterocycles. The lowest BCUT2D eigenvalue weighted by Crippen LogP contribution is -2.36. The van der Waals surface area contributed by atoms with E-state index in [0.717, 1.165) is 9.47 Å². The van der Waals surface area contributed by atoms with Crippen molar-refractivity contribution in [2.45, 2.75) is 35.4 Å². The largest absolute Gasteiger partial charge is 0.353 e. The van der Waals surface area contributed by atoms with Gasteiger partial charge in [-0.05, 0) is 13.3 Å². The van der Waals surface area contributed by atoms with Gasteiger partial charge in [-0.1, -0.05) is 30.0 Å². The van der Waals surface area contributed by atoms with Gasteiger partial charge in [0.15, 0.2) is 4.34 Å². The fourth-order valence-corrected chi connectivity index (χ4v) is 3.56. The molecule has 2 N–H and O–H groups in total. The van der Waals surface area contributed by atoms with Gasteiger partial charge in [0.2, 0.25) is 5.13 Å². The van der Waals surface area contributed by atoms with Crippen LogP contribution in [0.4, 0.5) is 5.13 Å². The number of rotatable bonds is 5. The smallest absolute Gasteiger partial charge is 0.208 e. The van der Waals surface area contributed by atoms with Crippen LogP contribution in [-0.2, 0) is 0 Å². The van der Waals surface area contributed by atoms with Crippen molar-refractivity contribution in [1.82, 2.24) is 10.2 Å². The first-order valence-corrected chi connectivity index (χ1v) is 6.91. The molecule has 0 spiro atoms. The average molecular weight is 271 g/mol. The molecule has 0 bridgehead atoms. The zero-order valence-electron chi connectivity index (χ0n) is 10.5. The van der Waals surface area contributed by atoms with Crippen LogP contribution in [0.2, 0.25) is 0 Å². The number of nitriles is 1. The summed E-state index contributed by atoms with van der Waals surface area (Å²) in [5.41, 5.74) is 5.03. The van der Waals surface area contributed by atoms with E-state index in [0.29, 0.717) is 6.42 Å². The molecule has 5 nitrogen and oxygen atoms in total. The summed E-state index contributed by atoms with van der Waals surface area (Å²) >= 11 is 3.16. The molecule has 7 heteroatoms. The van der Waals surface area contributed by atoms with Crippen LogP contribution >= 0.6 is 23.1 Å². The average Bonchev–Trinajstić information content (AvgIpc) is 2.65. The lowest BCUT2D eigenvalue weighted by Gasteiger charge is -2.18. The van der Waals surface area contributed by atoms with Crippen LogP contribution in [0.15, 0.2) is 4.34 Å². The summed E-state index contributed by atoms with van der Waals surface area (Å²) in [7, 11) is 3.87. The predicted molar refractivity (Wildman–Crippen MR) is 72.4 cm³/mol. The summed E-state index contributed by atoms with van der Waals surface area (Å²) in [4.78, 5) is 1.93. The summed E-state index contributed by atoms with van der Waals surface area (Å²) in [6.07, 6.45) is 0.630.